The van der Waals surface area contributed by atoms with E-state index in [-0.39, 0.29) is 26.1 Å². The van der Waals surface area contributed by atoms with E-state index in [1.165, 1.54) is 0 Å². The maximum Gasteiger partial charge on any atom is 0.181 e. The van der Waals surface area contributed by atoms with Crippen LogP contribution in [0.4, 0.5) is 0 Å². The third-order valence-electron chi connectivity index (χ3n) is 4.62. The van der Waals surface area contributed by atoms with Gasteiger partial charge in [-0.05, 0) is 37.1 Å². The summed E-state index contributed by atoms with van der Waals surface area (Å²) >= 11 is 0. The van der Waals surface area contributed by atoms with Gasteiger partial charge in [0.25, 0.3) is 0 Å². The van der Waals surface area contributed by atoms with E-state index >= 15 is 0 Å². The Kier molecular flexibility index (Phi) is 10.0. The van der Waals surface area contributed by atoms with Crippen LogP contribution in [-0.4, -0.2) is 60.1 Å². The van der Waals surface area contributed by atoms with E-state index in [4.69, 9.17) is 18.9 Å². The molecule has 4 atom stereocenters. The van der Waals surface area contributed by atoms with Crippen molar-refractivity contribution < 1.29 is 39.4 Å². The molecule has 0 bridgehead atoms. The molecule has 0 aliphatic heterocycles. The first-order chi connectivity index (χ1) is 14.4. The van der Waals surface area contributed by atoms with Gasteiger partial charge in [0.15, 0.2) is 12.6 Å². The second kappa shape index (κ2) is 12.5. The van der Waals surface area contributed by atoms with Gasteiger partial charge in [0.2, 0.25) is 0 Å². The van der Waals surface area contributed by atoms with Gasteiger partial charge in [-0.2, -0.15) is 0 Å². The van der Waals surface area contributed by atoms with Crippen molar-refractivity contribution in [2.24, 2.45) is 0 Å². The fourth-order valence-electron chi connectivity index (χ4n) is 2.72. The molecule has 0 spiro atoms. The molecule has 0 aliphatic carbocycles. The smallest absolute Gasteiger partial charge is 0.181 e. The van der Waals surface area contributed by atoms with Gasteiger partial charge in [-0.15, -0.1) is 0 Å². The van der Waals surface area contributed by atoms with Crippen LogP contribution in [0.15, 0.2) is 48.5 Å². The topological polar surface area (TPSA) is 118 Å². The molecule has 8 nitrogen and oxygen atoms in total. The number of hydrogen-bond donors (Lipinski definition) is 4. The lowest BCUT2D eigenvalue weighted by Crippen LogP contribution is -2.29. The summed E-state index contributed by atoms with van der Waals surface area (Å²) in [6.45, 7) is 0.113. The molecular formula is C22H30O8. The highest BCUT2D eigenvalue weighted by Gasteiger charge is 2.18. The van der Waals surface area contributed by atoms with E-state index < -0.39 is 24.8 Å². The summed E-state index contributed by atoms with van der Waals surface area (Å²) in [7, 11) is 3.11. The molecule has 30 heavy (non-hydrogen) atoms. The zero-order chi connectivity index (χ0) is 21.9. The summed E-state index contributed by atoms with van der Waals surface area (Å²) in [5, 5.41) is 40.1. The molecule has 0 fully saturated rings. The van der Waals surface area contributed by atoms with Crippen LogP contribution in [-0.2, 0) is 9.47 Å². The molecule has 2 aromatic carbocycles. The van der Waals surface area contributed by atoms with E-state index in [9.17, 15) is 20.4 Å². The molecule has 4 N–H and O–H groups in total. The zero-order valence-corrected chi connectivity index (χ0v) is 17.2. The van der Waals surface area contributed by atoms with Crippen LogP contribution in [0.25, 0.3) is 0 Å². The van der Waals surface area contributed by atoms with Crippen molar-refractivity contribution in [1.29, 1.82) is 0 Å². The minimum absolute atomic E-state index is 0.0563. The molecule has 2 aromatic rings. The quantitative estimate of drug-likeness (QED) is 0.362. The molecule has 0 heterocycles. The van der Waals surface area contributed by atoms with E-state index in [0.717, 1.165) is 0 Å². The summed E-state index contributed by atoms with van der Waals surface area (Å²) in [5.41, 5.74) is 1.12. The molecule has 4 unspecified atom stereocenters. The van der Waals surface area contributed by atoms with Gasteiger partial charge >= 0.3 is 0 Å². The average Bonchev–Trinajstić information content (AvgIpc) is 2.78. The molecule has 166 valence electrons. The Balaban J connectivity index is 1.65. The molecule has 2 rings (SSSR count). The summed E-state index contributed by atoms with van der Waals surface area (Å²) in [6, 6.07) is 13.6. The van der Waals surface area contributed by atoms with Gasteiger partial charge in [0, 0.05) is 11.1 Å². The van der Waals surface area contributed by atoms with Crippen molar-refractivity contribution in [1.82, 2.24) is 0 Å². The van der Waals surface area contributed by atoms with Crippen molar-refractivity contribution in [3.8, 4) is 11.5 Å². The van der Waals surface area contributed by atoms with Gasteiger partial charge in [-0.1, -0.05) is 24.3 Å². The van der Waals surface area contributed by atoms with Crippen LogP contribution in [0.3, 0.4) is 0 Å². The summed E-state index contributed by atoms with van der Waals surface area (Å²) in [6.07, 6.45) is -4.10. The van der Waals surface area contributed by atoms with Crippen LogP contribution >= 0.6 is 0 Å². The molecule has 0 saturated heterocycles. The van der Waals surface area contributed by atoms with Crippen molar-refractivity contribution in [3.63, 3.8) is 0 Å². The van der Waals surface area contributed by atoms with Gasteiger partial charge in [0.1, 0.15) is 11.5 Å². The predicted octanol–water partition coefficient (Wildman–Crippen LogP) is 1.92. The van der Waals surface area contributed by atoms with E-state index in [0.29, 0.717) is 22.6 Å². The number of hydrogen-bond acceptors (Lipinski definition) is 8. The number of aliphatic hydroxyl groups is 4. The Morgan fingerprint density at radius 2 is 0.933 bits per heavy atom. The largest absolute Gasteiger partial charge is 0.497 e. The van der Waals surface area contributed by atoms with Crippen molar-refractivity contribution >= 4 is 0 Å². The van der Waals surface area contributed by atoms with Gasteiger partial charge < -0.3 is 39.4 Å². The second-order valence-electron chi connectivity index (χ2n) is 6.70. The molecule has 8 heteroatoms. The van der Waals surface area contributed by atoms with Crippen LogP contribution in [0, 0.1) is 0 Å². The minimum atomic E-state index is -1.14. The first-order valence-corrected chi connectivity index (χ1v) is 9.68. The molecule has 0 radical (unpaired) electrons. The molecule has 0 amide bonds. The molecule has 0 aromatic heterocycles. The van der Waals surface area contributed by atoms with Crippen LogP contribution in [0.5, 0.6) is 11.5 Å². The average molecular weight is 422 g/mol. The van der Waals surface area contributed by atoms with Crippen molar-refractivity contribution in [2.75, 3.05) is 27.4 Å². The number of benzene rings is 2. The Morgan fingerprint density at radius 3 is 1.23 bits per heavy atom. The number of ether oxygens (including phenoxy) is 4. The fourth-order valence-corrected chi connectivity index (χ4v) is 2.72. The maximum atomic E-state index is 10.0. The van der Waals surface area contributed by atoms with Crippen molar-refractivity contribution in [3.05, 3.63) is 59.7 Å². The molecule has 0 aliphatic rings. The Hall–Kier alpha value is -2.20. The van der Waals surface area contributed by atoms with Gasteiger partial charge in [-0.25, -0.2) is 0 Å². The Morgan fingerprint density at radius 1 is 0.600 bits per heavy atom. The lowest BCUT2D eigenvalue weighted by Gasteiger charge is -2.20. The number of aliphatic hydroxyl groups excluding tert-OH is 4. The third-order valence-corrected chi connectivity index (χ3v) is 4.62. The van der Waals surface area contributed by atoms with Crippen LogP contribution in [0.1, 0.15) is 36.5 Å². The highest BCUT2D eigenvalue weighted by Crippen LogP contribution is 2.20. The van der Waals surface area contributed by atoms with E-state index in [2.05, 4.69) is 0 Å². The molecular weight excluding hydrogens is 392 g/mol. The van der Waals surface area contributed by atoms with Gasteiger partial charge in [-0.3, -0.25) is 0 Å². The lowest BCUT2D eigenvalue weighted by atomic mass is 10.1. The first kappa shape index (κ1) is 24.1. The maximum absolute atomic E-state index is 10.0. The monoisotopic (exact) mass is 422 g/mol. The van der Waals surface area contributed by atoms with E-state index in [1.807, 2.05) is 0 Å². The van der Waals surface area contributed by atoms with E-state index in [1.54, 1.807) is 62.8 Å². The summed E-state index contributed by atoms with van der Waals surface area (Å²) < 4.78 is 20.7. The molecule has 0 saturated carbocycles. The normalized spacial score (nSPS) is 15.3. The number of rotatable bonds is 13. The predicted molar refractivity (Wildman–Crippen MR) is 109 cm³/mol. The second-order valence-corrected chi connectivity index (χ2v) is 6.70. The first-order valence-electron chi connectivity index (χ1n) is 9.68. The standard InChI is InChI=1S/C22H30O8/c1-27-17-7-3-15(4-8-17)21(25)29-13-11-19(23)20(24)12-14-30-22(26)16-5-9-18(28-2)10-6-16/h3-10,19-26H,11-14H2,1-2H3. The van der Waals surface area contributed by atoms with Crippen LogP contribution < -0.4 is 9.47 Å². The Bertz CT molecular complexity index is 655. The van der Waals surface area contributed by atoms with Gasteiger partial charge in [0.05, 0.1) is 39.6 Å². The van der Waals surface area contributed by atoms with Crippen molar-refractivity contribution in [2.45, 2.75) is 37.6 Å². The number of methoxy groups -OCH3 is 2. The zero-order valence-electron chi connectivity index (χ0n) is 17.2. The lowest BCUT2D eigenvalue weighted by molar-refractivity contribution is -0.124. The Labute approximate surface area is 176 Å². The highest BCUT2D eigenvalue weighted by atomic mass is 16.6. The van der Waals surface area contributed by atoms with Crippen LogP contribution in [0.2, 0.25) is 0 Å². The summed E-state index contributed by atoms with van der Waals surface area (Å²) in [5.74, 6) is 1.34. The SMILES string of the molecule is COc1ccc(C(O)OCCC(O)C(O)CCOC(O)c2ccc(OC)cc2)cc1. The fraction of sp³-hybridized carbons (Fsp3) is 0.455. The summed E-state index contributed by atoms with van der Waals surface area (Å²) in [4.78, 5) is 0. The highest BCUT2D eigenvalue weighted by molar-refractivity contribution is 5.28. The minimum Gasteiger partial charge on any atom is -0.497 e. The third kappa shape index (κ3) is 7.56.